The molecule has 1 aromatic carbocycles. The van der Waals surface area contributed by atoms with E-state index in [9.17, 15) is 28.6 Å². The molecule has 2 fully saturated rings. The van der Waals surface area contributed by atoms with Gasteiger partial charge < -0.3 is 20.4 Å². The molecule has 0 saturated carbocycles. The molecule has 14 heteroatoms. The Morgan fingerprint density at radius 3 is 2.47 bits per heavy atom. The van der Waals surface area contributed by atoms with E-state index >= 15 is 0 Å². The number of aromatic nitrogens is 3. The van der Waals surface area contributed by atoms with E-state index in [4.69, 9.17) is 10.5 Å². The third kappa shape index (κ3) is 4.59. The quantitative estimate of drug-likeness (QED) is 0.306. The fourth-order valence-corrected chi connectivity index (χ4v) is 5.51. The highest BCUT2D eigenvalue weighted by atomic mass is 32.5. The summed E-state index contributed by atoms with van der Waals surface area (Å²) in [6.45, 7) is 0.959. The molecule has 2 saturated heterocycles. The molecule has 1 atom stereocenters. The van der Waals surface area contributed by atoms with E-state index in [1.807, 2.05) is 0 Å². The van der Waals surface area contributed by atoms with Gasteiger partial charge in [-0.25, -0.2) is 14.4 Å². The smallest absolute Gasteiger partial charge is 0.310 e. The zero-order chi connectivity index (χ0) is 25.9. The number of carbonyl (C=O) groups excluding carboxylic acids is 1. The van der Waals surface area contributed by atoms with Gasteiger partial charge in [-0.1, -0.05) is 19.4 Å². The number of hydrogen-bond donors (Lipinski definition) is 2. The summed E-state index contributed by atoms with van der Waals surface area (Å²) in [7, 11) is -9.92. The van der Waals surface area contributed by atoms with Crippen LogP contribution < -0.4 is 5.73 Å². The van der Waals surface area contributed by atoms with Gasteiger partial charge >= 0.3 is 10.2 Å². The van der Waals surface area contributed by atoms with Crippen molar-refractivity contribution in [2.75, 3.05) is 25.4 Å². The minimum Gasteiger partial charge on any atom is -0.398 e. The first kappa shape index (κ1) is 24.7. The predicted molar refractivity (Wildman–Crippen MR) is 122 cm³/mol. The predicted octanol–water partition coefficient (Wildman–Crippen LogP) is 6.21. The number of rotatable bonds is 4. The van der Waals surface area contributed by atoms with Crippen molar-refractivity contribution in [3.05, 3.63) is 47.2 Å². The molecule has 2 aromatic heterocycles. The van der Waals surface area contributed by atoms with Crippen LogP contribution in [-0.2, 0) is 4.74 Å². The van der Waals surface area contributed by atoms with Crippen molar-refractivity contribution in [1.82, 2.24) is 19.9 Å². The number of fused-ring (bicyclic) bond motifs is 1. The Morgan fingerprint density at radius 1 is 1.14 bits per heavy atom. The van der Waals surface area contributed by atoms with Gasteiger partial charge in [-0.05, 0) is 49.8 Å². The molecule has 1 amide bonds. The highest BCUT2D eigenvalue weighted by Gasteiger charge is 2.65. The maximum absolute atomic E-state index is 14.9. The number of likely N-dealkylation sites (tertiary alicyclic amines) is 1. The van der Waals surface area contributed by atoms with Gasteiger partial charge in [0.05, 0.1) is 17.3 Å². The molecular formula is C22H23F6N5O2S. The summed E-state index contributed by atoms with van der Waals surface area (Å²) < 4.78 is 85.8. The molecule has 0 spiro atoms. The number of imidazole rings is 1. The van der Waals surface area contributed by atoms with E-state index in [0.717, 1.165) is 19.0 Å². The number of H-pyrrole nitrogens is 1. The molecule has 0 aliphatic carbocycles. The number of halogens is 6. The number of benzene rings is 1. The average molecular weight is 536 g/mol. The summed E-state index contributed by atoms with van der Waals surface area (Å²) in [5, 5.41) is 0. The lowest BCUT2D eigenvalue weighted by atomic mass is 9.88. The van der Waals surface area contributed by atoms with Crippen molar-refractivity contribution in [3.8, 4) is 0 Å². The second-order valence-electron chi connectivity index (χ2n) is 9.13. The second kappa shape index (κ2) is 7.75. The molecular weight excluding hydrogens is 512 g/mol. The summed E-state index contributed by atoms with van der Waals surface area (Å²) in [4.78, 5) is 23.8. The Morgan fingerprint density at radius 2 is 1.86 bits per heavy atom. The number of hydrogen-bond acceptors (Lipinski definition) is 5. The number of piperidine rings is 1. The Hall–Kier alpha value is -3.00. The number of nitrogens with one attached hydrogen (secondary N) is 1. The summed E-state index contributed by atoms with van der Waals surface area (Å²) in [5.41, 5.74) is 5.82. The van der Waals surface area contributed by atoms with Crippen LogP contribution in [0.1, 0.15) is 59.5 Å². The summed E-state index contributed by atoms with van der Waals surface area (Å²) >= 11 is 0. The molecule has 0 bridgehead atoms. The second-order valence-corrected chi connectivity index (χ2v) is 11.5. The Bertz CT molecular complexity index is 1350. The van der Waals surface area contributed by atoms with Gasteiger partial charge in [0, 0.05) is 30.9 Å². The molecule has 0 radical (unpaired) electrons. The number of carbonyl (C=O) groups is 1. The van der Waals surface area contributed by atoms with E-state index < -0.39 is 32.5 Å². The molecule has 5 rings (SSSR count). The molecule has 3 aromatic rings. The maximum atomic E-state index is 14.9. The van der Waals surface area contributed by atoms with Crippen LogP contribution >= 0.6 is 10.2 Å². The van der Waals surface area contributed by atoms with Crippen LogP contribution in [0, 0.1) is 5.82 Å². The number of amides is 1. The van der Waals surface area contributed by atoms with Crippen molar-refractivity contribution >= 4 is 33.0 Å². The van der Waals surface area contributed by atoms with Crippen molar-refractivity contribution in [1.29, 1.82) is 0 Å². The van der Waals surface area contributed by atoms with E-state index in [-0.39, 0.29) is 42.8 Å². The summed E-state index contributed by atoms with van der Waals surface area (Å²) in [6, 6.07) is 0.930. The molecule has 4 heterocycles. The lowest BCUT2D eigenvalue weighted by Gasteiger charge is -2.40. The lowest BCUT2D eigenvalue weighted by molar-refractivity contribution is 0.0713. The fraction of sp³-hybridized carbons (Fsp3) is 0.409. The molecule has 0 unspecified atom stereocenters. The third-order valence-electron chi connectivity index (χ3n) is 6.65. The van der Waals surface area contributed by atoms with Crippen LogP contribution in [0.15, 0.2) is 29.3 Å². The minimum atomic E-state index is -9.92. The molecule has 196 valence electrons. The minimum absolute atomic E-state index is 0.0918. The first-order valence-electron chi connectivity index (χ1n) is 11.3. The standard InChI is InChI=1S/C22H23F6N5O2S/c23-15-11-30-21-19(31-20(32-21)17-2-1-9-35-17)18(15)12-5-7-33(8-6-12)22(34)14-4-3-13(10-16(14)29)36(24,25,26,27)28/h3-4,10-12,17H,1-2,5-9,29H2,(H,30,31,32)/t17-/m0/s1. The average Bonchev–Trinajstić information content (AvgIpc) is 3.47. The van der Waals surface area contributed by atoms with E-state index in [1.165, 1.54) is 4.90 Å². The van der Waals surface area contributed by atoms with Crippen LogP contribution in [0.5, 0.6) is 0 Å². The maximum Gasteiger partial charge on any atom is 0.310 e. The van der Waals surface area contributed by atoms with Crippen molar-refractivity contribution in [3.63, 3.8) is 0 Å². The highest BCUT2D eigenvalue weighted by Crippen LogP contribution is 3.02. The van der Waals surface area contributed by atoms with Crippen molar-refractivity contribution in [2.45, 2.75) is 42.6 Å². The van der Waals surface area contributed by atoms with Crippen molar-refractivity contribution < 1.29 is 33.4 Å². The molecule has 2 aliphatic heterocycles. The number of ether oxygens (including phenoxy) is 1. The van der Waals surface area contributed by atoms with Crippen LogP contribution in [-0.4, -0.2) is 45.5 Å². The first-order chi connectivity index (χ1) is 16.7. The number of nitrogens with two attached hydrogens (primary N) is 1. The number of pyridine rings is 1. The molecule has 3 N–H and O–H groups in total. The summed E-state index contributed by atoms with van der Waals surface area (Å²) in [6.07, 6.45) is 3.32. The van der Waals surface area contributed by atoms with E-state index in [2.05, 4.69) is 15.0 Å². The number of nitrogen functional groups attached to an aromatic ring is 1. The number of aromatic amines is 1. The van der Waals surface area contributed by atoms with Gasteiger partial charge in [0.2, 0.25) is 0 Å². The van der Waals surface area contributed by atoms with Gasteiger partial charge in [-0.15, -0.1) is 0 Å². The zero-order valence-corrected chi connectivity index (χ0v) is 19.6. The summed E-state index contributed by atoms with van der Waals surface area (Å²) in [5.74, 6) is -0.877. The van der Waals surface area contributed by atoms with Gasteiger partial charge in [0.25, 0.3) is 5.91 Å². The molecule has 36 heavy (non-hydrogen) atoms. The van der Waals surface area contributed by atoms with Crippen molar-refractivity contribution in [2.24, 2.45) is 0 Å². The molecule has 2 aliphatic rings. The normalized spacial score (nSPS) is 21.5. The Kier molecular flexibility index (Phi) is 5.31. The topological polar surface area (TPSA) is 97.1 Å². The monoisotopic (exact) mass is 535 g/mol. The van der Waals surface area contributed by atoms with Crippen LogP contribution in [0.25, 0.3) is 11.2 Å². The van der Waals surface area contributed by atoms with E-state index in [0.29, 0.717) is 48.1 Å². The Labute approximate surface area is 201 Å². The fourth-order valence-electron chi connectivity index (χ4n) is 4.83. The van der Waals surface area contributed by atoms with Crippen LogP contribution in [0.3, 0.4) is 0 Å². The third-order valence-corrected chi connectivity index (χ3v) is 7.80. The largest absolute Gasteiger partial charge is 0.398 e. The Balaban J connectivity index is 1.34. The highest BCUT2D eigenvalue weighted by molar-refractivity contribution is 8.45. The van der Waals surface area contributed by atoms with Gasteiger partial charge in [-0.3, -0.25) is 4.79 Å². The number of nitrogens with zero attached hydrogens (tertiary/aromatic N) is 3. The van der Waals surface area contributed by atoms with Crippen LogP contribution in [0.2, 0.25) is 0 Å². The van der Waals surface area contributed by atoms with Gasteiger partial charge in [0.1, 0.15) is 22.6 Å². The van der Waals surface area contributed by atoms with Gasteiger partial charge in [0.15, 0.2) is 5.65 Å². The number of anilines is 1. The van der Waals surface area contributed by atoms with Crippen LogP contribution in [0.4, 0.5) is 29.5 Å². The molecule has 7 nitrogen and oxygen atoms in total. The SMILES string of the molecule is Nc1cc(S(F)(F)(F)(F)F)ccc1C(=O)N1CCC(c2c(F)cnc3nc([C@@H]4CCCO4)[nH]c23)CC1. The first-order valence-corrected chi connectivity index (χ1v) is 13.2. The zero-order valence-electron chi connectivity index (χ0n) is 18.8. The lowest BCUT2D eigenvalue weighted by Crippen LogP contribution is -2.38. The van der Waals surface area contributed by atoms with Gasteiger partial charge in [-0.2, -0.15) is 0 Å². The van der Waals surface area contributed by atoms with E-state index in [1.54, 1.807) is 0 Å².